The number of hydrogen-bond donors (Lipinski definition) is 1. The highest BCUT2D eigenvalue weighted by Gasteiger charge is 2.27. The van der Waals surface area contributed by atoms with Gasteiger partial charge in [-0.05, 0) is 54.7 Å². The Balaban J connectivity index is 1.26. The minimum Gasteiger partial charge on any atom is -0.356 e. The molecule has 5 rings (SSSR count). The lowest BCUT2D eigenvalue weighted by Gasteiger charge is -2.35. The summed E-state index contributed by atoms with van der Waals surface area (Å²) in [6.07, 6.45) is 7.45. The number of benzene rings is 3. The zero-order valence-corrected chi connectivity index (χ0v) is 23.7. The second-order valence-corrected chi connectivity index (χ2v) is 11.1. The summed E-state index contributed by atoms with van der Waals surface area (Å²) in [5.41, 5.74) is 3.96. The van der Waals surface area contributed by atoms with Gasteiger partial charge < -0.3 is 14.8 Å². The van der Waals surface area contributed by atoms with Crippen LogP contribution in [0.5, 0.6) is 0 Å². The summed E-state index contributed by atoms with van der Waals surface area (Å²) in [4.78, 5) is 33.3. The van der Waals surface area contributed by atoms with Gasteiger partial charge in [0, 0.05) is 30.6 Å². The van der Waals surface area contributed by atoms with Crippen LogP contribution in [0.25, 0.3) is 11.0 Å². The Morgan fingerprint density at radius 1 is 0.900 bits per heavy atom. The molecule has 7 heteroatoms. The van der Waals surface area contributed by atoms with Gasteiger partial charge in [-0.25, -0.2) is 4.98 Å². The first kappa shape index (κ1) is 27.9. The summed E-state index contributed by atoms with van der Waals surface area (Å²) in [6.45, 7) is 1.44. The molecule has 1 aliphatic carbocycles. The van der Waals surface area contributed by atoms with E-state index in [2.05, 4.69) is 26.9 Å². The van der Waals surface area contributed by atoms with E-state index >= 15 is 0 Å². The molecule has 40 heavy (non-hydrogen) atoms. The van der Waals surface area contributed by atoms with Gasteiger partial charge in [0.25, 0.3) is 0 Å². The van der Waals surface area contributed by atoms with E-state index in [1.54, 1.807) is 12.1 Å². The second-order valence-electron chi connectivity index (χ2n) is 10.7. The smallest absolute Gasteiger partial charge is 0.243 e. The number of halogens is 1. The van der Waals surface area contributed by atoms with Crippen molar-refractivity contribution < 1.29 is 9.59 Å². The third-order valence-corrected chi connectivity index (χ3v) is 7.99. The van der Waals surface area contributed by atoms with Crippen LogP contribution in [-0.4, -0.2) is 38.9 Å². The number of aryl methyl sites for hydroxylation is 1. The monoisotopic (exact) mass is 556 g/mol. The minimum atomic E-state index is -0.0185. The first-order chi connectivity index (χ1) is 19.6. The molecular weight excluding hydrogens is 520 g/mol. The Labute approximate surface area is 241 Å². The molecule has 0 saturated heterocycles. The van der Waals surface area contributed by atoms with E-state index in [0.717, 1.165) is 47.2 Å². The molecule has 1 saturated carbocycles. The molecule has 3 aromatic carbocycles. The molecule has 1 aliphatic rings. The maximum atomic E-state index is 13.9. The van der Waals surface area contributed by atoms with E-state index in [1.807, 2.05) is 54.6 Å². The number of carbonyl (C=O) groups is 2. The standard InChI is InChI=1S/C33H37ClN4O2/c34-27-19-17-25(18-20-27)22-32(39)35-21-9-16-31-36-29-14-7-8-15-30(29)38(31)24-33(40)37(28-12-5-2-6-13-28)23-26-10-3-1-4-11-26/h1,3-4,7-8,10-11,14-15,17-20,28H,2,5-6,9,12-13,16,21-24H2,(H,35,39). The molecule has 4 aromatic rings. The predicted octanol–water partition coefficient (Wildman–Crippen LogP) is 6.34. The molecule has 1 fully saturated rings. The Bertz CT molecular complexity index is 1410. The molecule has 0 radical (unpaired) electrons. The summed E-state index contributed by atoms with van der Waals surface area (Å²) >= 11 is 5.94. The summed E-state index contributed by atoms with van der Waals surface area (Å²) in [7, 11) is 0. The maximum absolute atomic E-state index is 13.9. The summed E-state index contributed by atoms with van der Waals surface area (Å²) in [6, 6.07) is 25.9. The number of fused-ring (bicyclic) bond motifs is 1. The molecule has 2 amide bonds. The third kappa shape index (κ3) is 7.30. The SMILES string of the molecule is O=C(Cc1ccc(Cl)cc1)NCCCc1nc2ccccc2n1CC(=O)N(Cc1ccccc1)C1CCCCC1. The van der Waals surface area contributed by atoms with Crippen molar-refractivity contribution in [3.63, 3.8) is 0 Å². The van der Waals surface area contributed by atoms with Crippen molar-refractivity contribution in [3.05, 3.63) is 101 Å². The van der Waals surface area contributed by atoms with Crippen LogP contribution in [0.4, 0.5) is 0 Å². The van der Waals surface area contributed by atoms with Crippen LogP contribution in [0.15, 0.2) is 78.9 Å². The Morgan fingerprint density at radius 3 is 2.40 bits per heavy atom. The van der Waals surface area contributed by atoms with Crippen molar-refractivity contribution in [2.24, 2.45) is 0 Å². The first-order valence-corrected chi connectivity index (χ1v) is 14.7. The second kappa shape index (κ2) is 13.6. The number of imidazole rings is 1. The van der Waals surface area contributed by atoms with Gasteiger partial charge in [-0.1, -0.05) is 85.5 Å². The third-order valence-electron chi connectivity index (χ3n) is 7.74. The van der Waals surface area contributed by atoms with Crippen molar-refractivity contribution in [2.45, 2.75) is 70.5 Å². The normalized spacial score (nSPS) is 13.8. The van der Waals surface area contributed by atoms with Gasteiger partial charge in [-0.3, -0.25) is 9.59 Å². The lowest BCUT2D eigenvalue weighted by atomic mass is 9.93. The number of nitrogens with zero attached hydrogens (tertiary/aromatic N) is 3. The number of rotatable bonds is 11. The largest absolute Gasteiger partial charge is 0.356 e. The number of nitrogens with one attached hydrogen (secondary N) is 1. The number of carbonyl (C=O) groups excluding carboxylic acids is 2. The topological polar surface area (TPSA) is 67.2 Å². The number of hydrogen-bond acceptors (Lipinski definition) is 3. The van der Waals surface area contributed by atoms with Gasteiger partial charge in [0.1, 0.15) is 12.4 Å². The average Bonchev–Trinajstić information content (AvgIpc) is 3.33. The highest BCUT2D eigenvalue weighted by Crippen LogP contribution is 2.26. The number of para-hydroxylation sites is 2. The van der Waals surface area contributed by atoms with Gasteiger partial charge in [0.15, 0.2) is 0 Å². The zero-order chi connectivity index (χ0) is 27.7. The fourth-order valence-electron chi connectivity index (χ4n) is 5.64. The van der Waals surface area contributed by atoms with Crippen molar-refractivity contribution in [3.8, 4) is 0 Å². The van der Waals surface area contributed by atoms with E-state index in [1.165, 1.54) is 19.3 Å². The molecule has 0 bridgehead atoms. The Morgan fingerprint density at radius 2 is 1.62 bits per heavy atom. The highest BCUT2D eigenvalue weighted by molar-refractivity contribution is 6.30. The molecule has 0 unspecified atom stereocenters. The molecule has 0 spiro atoms. The van der Waals surface area contributed by atoms with Crippen molar-refractivity contribution in [1.82, 2.24) is 19.8 Å². The van der Waals surface area contributed by atoms with Crippen LogP contribution in [0.3, 0.4) is 0 Å². The summed E-state index contributed by atoms with van der Waals surface area (Å²) in [5.74, 6) is 0.997. The van der Waals surface area contributed by atoms with E-state index in [-0.39, 0.29) is 24.4 Å². The van der Waals surface area contributed by atoms with E-state index in [4.69, 9.17) is 16.6 Å². The lowest BCUT2D eigenvalue weighted by molar-refractivity contribution is -0.135. The Hall–Kier alpha value is -3.64. The van der Waals surface area contributed by atoms with Crippen LogP contribution < -0.4 is 5.32 Å². The quantitative estimate of drug-likeness (QED) is 0.219. The summed E-state index contributed by atoms with van der Waals surface area (Å²) < 4.78 is 2.08. The molecule has 1 heterocycles. The molecule has 0 atom stereocenters. The van der Waals surface area contributed by atoms with E-state index in [9.17, 15) is 9.59 Å². The van der Waals surface area contributed by atoms with Crippen LogP contribution >= 0.6 is 11.6 Å². The molecule has 1 aromatic heterocycles. The maximum Gasteiger partial charge on any atom is 0.243 e. The highest BCUT2D eigenvalue weighted by atomic mass is 35.5. The number of aromatic nitrogens is 2. The Kier molecular flexibility index (Phi) is 9.50. The van der Waals surface area contributed by atoms with Gasteiger partial charge in [0.05, 0.1) is 17.5 Å². The van der Waals surface area contributed by atoms with Crippen LogP contribution in [0.2, 0.25) is 5.02 Å². The molecule has 1 N–H and O–H groups in total. The van der Waals surface area contributed by atoms with Gasteiger partial charge in [-0.15, -0.1) is 0 Å². The number of amides is 2. The lowest BCUT2D eigenvalue weighted by Crippen LogP contribution is -2.42. The minimum absolute atomic E-state index is 0.0185. The molecule has 6 nitrogen and oxygen atoms in total. The van der Waals surface area contributed by atoms with Gasteiger partial charge in [-0.2, -0.15) is 0 Å². The molecule has 208 valence electrons. The van der Waals surface area contributed by atoms with Crippen molar-refractivity contribution in [1.29, 1.82) is 0 Å². The van der Waals surface area contributed by atoms with Crippen molar-refractivity contribution in [2.75, 3.05) is 6.54 Å². The van der Waals surface area contributed by atoms with Crippen LogP contribution in [-0.2, 0) is 35.5 Å². The van der Waals surface area contributed by atoms with E-state index in [0.29, 0.717) is 31.0 Å². The van der Waals surface area contributed by atoms with Crippen molar-refractivity contribution >= 4 is 34.4 Å². The molecule has 0 aliphatic heterocycles. The predicted molar refractivity (Wildman–Crippen MR) is 160 cm³/mol. The first-order valence-electron chi connectivity index (χ1n) is 14.4. The fraction of sp³-hybridized carbons (Fsp3) is 0.364. The fourth-order valence-corrected chi connectivity index (χ4v) is 5.76. The van der Waals surface area contributed by atoms with Gasteiger partial charge in [0.2, 0.25) is 11.8 Å². The average molecular weight is 557 g/mol. The van der Waals surface area contributed by atoms with Gasteiger partial charge >= 0.3 is 0 Å². The van der Waals surface area contributed by atoms with Crippen LogP contribution in [0, 0.1) is 0 Å². The van der Waals surface area contributed by atoms with E-state index < -0.39 is 0 Å². The zero-order valence-electron chi connectivity index (χ0n) is 22.9. The molecular formula is C33H37ClN4O2. The van der Waals surface area contributed by atoms with Crippen LogP contribution in [0.1, 0.15) is 55.5 Å². The summed E-state index contributed by atoms with van der Waals surface area (Å²) in [5, 5.41) is 3.67.